The second kappa shape index (κ2) is 10.4. The average molecular weight is 497 g/mol. The maximum absolute atomic E-state index is 13.4. The highest BCUT2D eigenvalue weighted by Crippen LogP contribution is 2.45. The highest BCUT2D eigenvalue weighted by atomic mass is 16.5. The molecule has 2 aliphatic rings. The number of carbonyl (C=O) groups excluding carboxylic acids is 4. The molecule has 7 nitrogen and oxygen atoms in total. The Hall–Kier alpha value is -4.26. The fraction of sp³-hybridized carbons (Fsp3) is 0.267. The van der Waals surface area contributed by atoms with Crippen LogP contribution in [0.15, 0.2) is 78.9 Å². The minimum absolute atomic E-state index is 0.165. The van der Waals surface area contributed by atoms with Crippen LogP contribution in [0.2, 0.25) is 0 Å². The summed E-state index contributed by atoms with van der Waals surface area (Å²) in [6.45, 7) is 1.49. The summed E-state index contributed by atoms with van der Waals surface area (Å²) in [6.07, 6.45) is 2.14. The van der Waals surface area contributed by atoms with E-state index >= 15 is 0 Å². The minimum Gasteiger partial charge on any atom is -0.452 e. The molecular weight excluding hydrogens is 468 g/mol. The number of nitrogens with one attached hydrogen (secondary N) is 1. The van der Waals surface area contributed by atoms with Gasteiger partial charge in [-0.15, -0.1) is 0 Å². The molecule has 3 amide bonds. The topological polar surface area (TPSA) is 92.8 Å². The van der Waals surface area contributed by atoms with Crippen molar-refractivity contribution >= 4 is 35.1 Å². The molecule has 0 radical (unpaired) electrons. The highest BCUT2D eigenvalue weighted by molar-refractivity contribution is 6.22. The van der Waals surface area contributed by atoms with Crippen LogP contribution in [0.5, 0.6) is 0 Å². The molecule has 1 aliphatic heterocycles. The van der Waals surface area contributed by atoms with Gasteiger partial charge >= 0.3 is 5.97 Å². The van der Waals surface area contributed by atoms with Crippen LogP contribution in [0.1, 0.15) is 46.7 Å². The van der Waals surface area contributed by atoms with Gasteiger partial charge in [-0.2, -0.15) is 0 Å². The summed E-state index contributed by atoms with van der Waals surface area (Å²) < 4.78 is 5.18. The number of benzene rings is 3. The van der Waals surface area contributed by atoms with E-state index in [1.165, 1.54) is 22.6 Å². The summed E-state index contributed by atoms with van der Waals surface area (Å²) in [6, 6.07) is 23.6. The van der Waals surface area contributed by atoms with Gasteiger partial charge in [0.15, 0.2) is 6.61 Å². The number of ether oxygens (including phenoxy) is 1. The lowest BCUT2D eigenvalue weighted by atomic mass is 9.73. The smallest absolute Gasteiger partial charge is 0.338 e. The molecule has 1 saturated carbocycles. The fourth-order valence-electron chi connectivity index (χ4n) is 5.28. The van der Waals surface area contributed by atoms with Gasteiger partial charge < -0.3 is 10.1 Å². The molecule has 3 aromatic carbocycles. The molecule has 3 atom stereocenters. The summed E-state index contributed by atoms with van der Waals surface area (Å²) in [5.74, 6) is -2.08. The quantitative estimate of drug-likeness (QED) is 0.389. The number of esters is 1. The van der Waals surface area contributed by atoms with E-state index in [4.69, 9.17) is 4.74 Å². The number of fused-ring (bicyclic) bond motifs is 1. The van der Waals surface area contributed by atoms with E-state index in [2.05, 4.69) is 17.4 Å². The Labute approximate surface area is 215 Å². The zero-order valence-corrected chi connectivity index (χ0v) is 20.6. The molecule has 5 rings (SSSR count). The van der Waals surface area contributed by atoms with Crippen LogP contribution in [-0.2, 0) is 19.1 Å². The van der Waals surface area contributed by atoms with Crippen LogP contribution in [0.4, 0.5) is 11.4 Å². The number of hydrogen-bond acceptors (Lipinski definition) is 5. The van der Waals surface area contributed by atoms with E-state index in [9.17, 15) is 19.2 Å². The largest absolute Gasteiger partial charge is 0.452 e. The first kappa shape index (κ1) is 24.4. The number of anilines is 2. The highest BCUT2D eigenvalue weighted by Gasteiger charge is 2.50. The predicted molar refractivity (Wildman–Crippen MR) is 139 cm³/mol. The molecular formula is C30H28N2O5. The molecule has 0 aromatic heterocycles. The van der Waals surface area contributed by atoms with Crippen molar-refractivity contribution in [3.05, 3.63) is 95.6 Å². The number of aryl methyl sites for hydroxylation is 1. The number of nitrogens with zero attached hydrogens (tertiary/aromatic N) is 1. The lowest BCUT2D eigenvalue weighted by Gasteiger charge is -2.28. The van der Waals surface area contributed by atoms with Gasteiger partial charge in [0.1, 0.15) is 0 Å². The molecule has 1 heterocycles. The van der Waals surface area contributed by atoms with Crippen LogP contribution in [-0.4, -0.2) is 30.3 Å². The SMILES string of the molecule is Cc1ccc(NC(=O)COC(=O)c2cccc(N3C(=O)[C@@H]4CC[C@H](c5ccccc5)C[C@H]4C3=O)c2)cc1. The normalized spacial score (nSPS) is 20.9. The van der Waals surface area contributed by atoms with Crippen LogP contribution in [0.3, 0.4) is 0 Å². The van der Waals surface area contributed by atoms with Gasteiger partial charge in [-0.25, -0.2) is 4.79 Å². The molecule has 2 fully saturated rings. The standard InChI is InChI=1S/C30H28N2O5/c1-19-10-13-23(14-11-19)31-27(33)18-37-30(36)22-8-5-9-24(16-22)32-28(34)25-15-12-21(17-26(25)29(32)35)20-6-3-2-4-7-20/h2-11,13-14,16,21,25-26H,12,15,17-18H2,1H3,(H,31,33)/t21-,25+,26+/m0/s1. The number of carbonyl (C=O) groups is 4. The number of rotatable bonds is 6. The third kappa shape index (κ3) is 5.16. The van der Waals surface area contributed by atoms with Crippen molar-refractivity contribution in [1.82, 2.24) is 0 Å². The van der Waals surface area contributed by atoms with Crippen LogP contribution < -0.4 is 10.2 Å². The van der Waals surface area contributed by atoms with Crippen molar-refractivity contribution in [3.63, 3.8) is 0 Å². The van der Waals surface area contributed by atoms with Gasteiger partial charge in [0.05, 0.1) is 23.1 Å². The van der Waals surface area contributed by atoms with Gasteiger partial charge in [0.25, 0.3) is 5.91 Å². The van der Waals surface area contributed by atoms with E-state index in [1.54, 1.807) is 24.3 Å². The molecule has 188 valence electrons. The van der Waals surface area contributed by atoms with E-state index in [0.717, 1.165) is 12.0 Å². The van der Waals surface area contributed by atoms with Gasteiger partial charge in [-0.05, 0) is 68.0 Å². The van der Waals surface area contributed by atoms with Gasteiger partial charge in [0.2, 0.25) is 11.8 Å². The first-order valence-corrected chi connectivity index (χ1v) is 12.5. The first-order chi connectivity index (χ1) is 17.9. The predicted octanol–water partition coefficient (Wildman–Crippen LogP) is 4.86. The zero-order valence-electron chi connectivity index (χ0n) is 20.6. The Morgan fingerprint density at radius 1 is 0.892 bits per heavy atom. The fourth-order valence-corrected chi connectivity index (χ4v) is 5.28. The molecule has 7 heteroatoms. The lowest BCUT2D eigenvalue weighted by molar-refractivity contribution is -0.122. The van der Waals surface area contributed by atoms with Crippen molar-refractivity contribution in [2.45, 2.75) is 32.1 Å². The van der Waals surface area contributed by atoms with Gasteiger partial charge in [-0.3, -0.25) is 19.3 Å². The summed E-state index contributed by atoms with van der Waals surface area (Å²) in [4.78, 5) is 52.6. The lowest BCUT2D eigenvalue weighted by Crippen LogP contribution is -2.31. The second-order valence-electron chi connectivity index (χ2n) is 9.69. The third-order valence-corrected chi connectivity index (χ3v) is 7.21. The van der Waals surface area contributed by atoms with Crippen molar-refractivity contribution < 1.29 is 23.9 Å². The maximum atomic E-state index is 13.4. The average Bonchev–Trinajstić information content (AvgIpc) is 3.18. The number of imide groups is 1. The Kier molecular flexibility index (Phi) is 6.86. The monoisotopic (exact) mass is 496 g/mol. The van der Waals surface area contributed by atoms with E-state index in [1.807, 2.05) is 37.3 Å². The van der Waals surface area contributed by atoms with Crippen molar-refractivity contribution in [1.29, 1.82) is 0 Å². The van der Waals surface area contributed by atoms with Gasteiger partial charge in [-0.1, -0.05) is 54.1 Å². The maximum Gasteiger partial charge on any atom is 0.338 e. The molecule has 0 bridgehead atoms. The summed E-state index contributed by atoms with van der Waals surface area (Å²) in [7, 11) is 0. The molecule has 37 heavy (non-hydrogen) atoms. The van der Waals surface area contributed by atoms with Crippen molar-refractivity contribution in [3.8, 4) is 0 Å². The second-order valence-corrected chi connectivity index (χ2v) is 9.69. The Morgan fingerprint density at radius 3 is 2.38 bits per heavy atom. The third-order valence-electron chi connectivity index (χ3n) is 7.21. The van der Waals surface area contributed by atoms with E-state index in [-0.39, 0.29) is 35.1 Å². The van der Waals surface area contributed by atoms with E-state index in [0.29, 0.717) is 24.2 Å². The van der Waals surface area contributed by atoms with Crippen LogP contribution in [0.25, 0.3) is 0 Å². The van der Waals surface area contributed by atoms with Crippen LogP contribution >= 0.6 is 0 Å². The Bertz CT molecular complexity index is 1340. The molecule has 1 aliphatic carbocycles. The Morgan fingerprint density at radius 2 is 1.62 bits per heavy atom. The zero-order chi connectivity index (χ0) is 25.9. The summed E-state index contributed by atoms with van der Waals surface area (Å²) >= 11 is 0. The van der Waals surface area contributed by atoms with E-state index < -0.39 is 18.5 Å². The Balaban J connectivity index is 1.24. The number of hydrogen-bond donors (Lipinski definition) is 1. The van der Waals surface area contributed by atoms with Crippen molar-refractivity contribution in [2.24, 2.45) is 11.8 Å². The first-order valence-electron chi connectivity index (χ1n) is 12.5. The molecule has 1 saturated heterocycles. The minimum atomic E-state index is -0.707. The summed E-state index contributed by atoms with van der Waals surface area (Å²) in [5.41, 5.74) is 3.37. The molecule has 0 unspecified atom stereocenters. The van der Waals surface area contributed by atoms with Gasteiger partial charge in [0, 0.05) is 5.69 Å². The van der Waals surface area contributed by atoms with Crippen LogP contribution in [0, 0.1) is 18.8 Å². The molecule has 3 aromatic rings. The van der Waals surface area contributed by atoms with Crippen molar-refractivity contribution in [2.75, 3.05) is 16.8 Å². The number of amides is 3. The molecule has 1 N–H and O–H groups in total. The molecule has 0 spiro atoms. The summed E-state index contributed by atoms with van der Waals surface area (Å²) in [5, 5.41) is 2.67.